The van der Waals surface area contributed by atoms with Crippen LogP contribution in [0, 0.1) is 4.77 Å². The molecule has 0 spiro atoms. The zero-order valence-electron chi connectivity index (χ0n) is 14.5. The molecule has 0 saturated carbocycles. The Morgan fingerprint density at radius 3 is 2.71 bits per heavy atom. The van der Waals surface area contributed by atoms with Crippen molar-refractivity contribution in [1.29, 1.82) is 0 Å². The summed E-state index contributed by atoms with van der Waals surface area (Å²) in [6.07, 6.45) is 1.06. The molecule has 0 aliphatic carbocycles. The topological polar surface area (TPSA) is 49.5 Å². The Hall–Kier alpha value is -1.70. The molecule has 0 fully saturated rings. The van der Waals surface area contributed by atoms with Gasteiger partial charge in [0.25, 0.3) is 0 Å². The number of aliphatic hydroxyl groups excluding tert-OH is 1. The van der Waals surface area contributed by atoms with Crippen molar-refractivity contribution in [3.8, 4) is 0 Å². The van der Waals surface area contributed by atoms with E-state index in [-0.39, 0.29) is 6.61 Å². The van der Waals surface area contributed by atoms with E-state index in [9.17, 15) is 5.11 Å². The highest BCUT2D eigenvalue weighted by Gasteiger charge is 2.25. The smallest absolute Gasteiger partial charge is 0.198 e. The van der Waals surface area contributed by atoms with Gasteiger partial charge >= 0.3 is 0 Å². The predicted octanol–water partition coefficient (Wildman–Crippen LogP) is 2.13. The minimum atomic E-state index is -0.101. The van der Waals surface area contributed by atoms with Crippen LogP contribution in [0.15, 0.2) is 24.3 Å². The molecule has 130 valence electrons. The van der Waals surface area contributed by atoms with Gasteiger partial charge in [-0.25, -0.2) is 4.68 Å². The summed E-state index contributed by atoms with van der Waals surface area (Å²) in [5, 5.41) is 13.9. The van der Waals surface area contributed by atoms with Crippen LogP contribution in [0.4, 0.5) is 5.69 Å². The highest BCUT2D eigenvalue weighted by Crippen LogP contribution is 2.27. The molecule has 1 aromatic carbocycles. The first-order valence-electron chi connectivity index (χ1n) is 8.31. The molecule has 0 amide bonds. The number of para-hydroxylation sites is 1. The van der Waals surface area contributed by atoms with E-state index in [0.717, 1.165) is 19.5 Å². The number of hydrogen-bond donors (Lipinski definition) is 1. The standard InChI is InChI=1S/C17H25N5OS/c1-4-14-10-19(2)15-8-6-5-7-13(15)9-21(14)12-22-17(24)20(3)16(11-23)18-22/h5-8,14,23H,4,9-12H2,1-3H3. The van der Waals surface area contributed by atoms with Crippen molar-refractivity contribution in [1.82, 2.24) is 19.2 Å². The van der Waals surface area contributed by atoms with Crippen LogP contribution in [0.2, 0.25) is 0 Å². The van der Waals surface area contributed by atoms with Crippen molar-refractivity contribution in [2.45, 2.75) is 39.2 Å². The van der Waals surface area contributed by atoms with Crippen LogP contribution in [0.1, 0.15) is 24.7 Å². The van der Waals surface area contributed by atoms with Gasteiger partial charge < -0.3 is 14.6 Å². The first kappa shape index (κ1) is 17.1. The molecule has 1 atom stereocenters. The Bertz CT molecular complexity index is 769. The van der Waals surface area contributed by atoms with Gasteiger partial charge in [-0.15, -0.1) is 0 Å². The SMILES string of the molecule is CCC1CN(C)c2ccccc2CN1Cn1nc(CO)n(C)c1=S. The summed E-state index contributed by atoms with van der Waals surface area (Å²) in [6, 6.07) is 8.97. The van der Waals surface area contributed by atoms with Gasteiger partial charge in [0.2, 0.25) is 0 Å². The molecule has 6 nitrogen and oxygen atoms in total. The zero-order chi connectivity index (χ0) is 17.3. The van der Waals surface area contributed by atoms with Crippen LogP contribution in [-0.2, 0) is 26.9 Å². The molecule has 0 radical (unpaired) electrons. The fourth-order valence-electron chi connectivity index (χ4n) is 3.38. The predicted molar refractivity (Wildman–Crippen MR) is 97.3 cm³/mol. The Labute approximate surface area is 147 Å². The fraction of sp³-hybridized carbons (Fsp3) is 0.529. The lowest BCUT2D eigenvalue weighted by Crippen LogP contribution is -2.41. The van der Waals surface area contributed by atoms with E-state index in [0.29, 0.717) is 23.3 Å². The third-order valence-corrected chi connectivity index (χ3v) is 5.32. The van der Waals surface area contributed by atoms with Crippen molar-refractivity contribution >= 4 is 17.9 Å². The first-order chi connectivity index (χ1) is 11.5. The minimum absolute atomic E-state index is 0.101. The number of benzene rings is 1. The van der Waals surface area contributed by atoms with Gasteiger partial charge in [0, 0.05) is 38.9 Å². The van der Waals surface area contributed by atoms with Crippen molar-refractivity contribution in [2.24, 2.45) is 7.05 Å². The number of anilines is 1. The third-order valence-electron chi connectivity index (χ3n) is 4.84. The second-order valence-electron chi connectivity index (χ2n) is 6.38. The lowest BCUT2D eigenvalue weighted by atomic mass is 10.1. The summed E-state index contributed by atoms with van der Waals surface area (Å²) in [5.41, 5.74) is 2.61. The van der Waals surface area contributed by atoms with Gasteiger partial charge in [0.05, 0.1) is 6.67 Å². The van der Waals surface area contributed by atoms with Crippen LogP contribution in [0.3, 0.4) is 0 Å². The fourth-order valence-corrected chi connectivity index (χ4v) is 3.59. The van der Waals surface area contributed by atoms with Crippen molar-refractivity contribution in [3.63, 3.8) is 0 Å². The van der Waals surface area contributed by atoms with Crippen LogP contribution in [-0.4, -0.2) is 44.0 Å². The molecular weight excluding hydrogens is 322 g/mol. The van der Waals surface area contributed by atoms with E-state index in [1.165, 1.54) is 11.3 Å². The van der Waals surface area contributed by atoms with Gasteiger partial charge in [-0.05, 0) is 30.3 Å². The molecule has 0 bridgehead atoms. The Morgan fingerprint density at radius 2 is 2.04 bits per heavy atom. The highest BCUT2D eigenvalue weighted by molar-refractivity contribution is 7.71. The normalized spacial score (nSPS) is 18.5. The van der Waals surface area contributed by atoms with E-state index in [4.69, 9.17) is 12.2 Å². The minimum Gasteiger partial charge on any atom is -0.388 e. The molecule has 1 N–H and O–H groups in total. The number of hydrogen-bond acceptors (Lipinski definition) is 5. The van der Waals surface area contributed by atoms with E-state index >= 15 is 0 Å². The lowest BCUT2D eigenvalue weighted by Gasteiger charge is -2.30. The lowest BCUT2D eigenvalue weighted by molar-refractivity contribution is 0.135. The summed E-state index contributed by atoms with van der Waals surface area (Å²) in [4.78, 5) is 4.76. The molecule has 7 heteroatoms. The molecule has 1 aliphatic heterocycles. The van der Waals surface area contributed by atoms with Crippen LogP contribution < -0.4 is 4.90 Å². The van der Waals surface area contributed by atoms with Crippen molar-refractivity contribution in [2.75, 3.05) is 18.5 Å². The Morgan fingerprint density at radius 1 is 1.29 bits per heavy atom. The maximum Gasteiger partial charge on any atom is 0.198 e. The molecule has 1 aromatic heterocycles. The van der Waals surface area contributed by atoms with Gasteiger partial charge in [0.1, 0.15) is 6.61 Å². The van der Waals surface area contributed by atoms with Gasteiger partial charge in [0.15, 0.2) is 10.6 Å². The quantitative estimate of drug-likeness (QED) is 0.859. The van der Waals surface area contributed by atoms with E-state index in [2.05, 4.69) is 53.1 Å². The van der Waals surface area contributed by atoms with Gasteiger partial charge in [-0.3, -0.25) is 4.90 Å². The molecule has 2 aromatic rings. The van der Waals surface area contributed by atoms with Crippen LogP contribution in [0.25, 0.3) is 0 Å². The summed E-state index contributed by atoms with van der Waals surface area (Å²) >= 11 is 5.47. The average Bonchev–Trinajstić information content (AvgIpc) is 2.78. The van der Waals surface area contributed by atoms with E-state index < -0.39 is 0 Å². The molecule has 1 aliphatic rings. The van der Waals surface area contributed by atoms with Gasteiger partial charge in [-0.2, -0.15) is 5.10 Å². The summed E-state index contributed by atoms with van der Waals surface area (Å²) in [5.74, 6) is 0.598. The van der Waals surface area contributed by atoms with Gasteiger partial charge in [-0.1, -0.05) is 25.1 Å². The maximum atomic E-state index is 9.41. The molecular formula is C17H25N5OS. The summed E-state index contributed by atoms with van der Waals surface area (Å²) in [7, 11) is 4.00. The third kappa shape index (κ3) is 3.11. The number of aliphatic hydroxyl groups is 1. The number of rotatable bonds is 4. The number of likely N-dealkylation sites (N-methyl/N-ethyl adjacent to an activating group) is 1. The molecule has 3 rings (SSSR count). The van der Waals surface area contributed by atoms with Crippen molar-refractivity contribution in [3.05, 3.63) is 40.4 Å². The Balaban J connectivity index is 1.92. The second-order valence-corrected chi connectivity index (χ2v) is 6.74. The zero-order valence-corrected chi connectivity index (χ0v) is 15.3. The molecule has 1 unspecified atom stereocenters. The molecule has 2 heterocycles. The Kier molecular flexibility index (Phi) is 5.03. The number of fused-ring (bicyclic) bond motifs is 1. The van der Waals surface area contributed by atoms with E-state index in [1.54, 1.807) is 4.57 Å². The van der Waals surface area contributed by atoms with E-state index in [1.807, 2.05) is 11.7 Å². The molecule has 24 heavy (non-hydrogen) atoms. The summed E-state index contributed by atoms with van der Waals surface area (Å²) in [6.45, 7) is 4.59. The molecule has 0 saturated heterocycles. The average molecular weight is 347 g/mol. The van der Waals surface area contributed by atoms with Crippen LogP contribution in [0.5, 0.6) is 0 Å². The number of nitrogens with zero attached hydrogens (tertiary/aromatic N) is 5. The summed E-state index contributed by atoms with van der Waals surface area (Å²) < 4.78 is 4.23. The van der Waals surface area contributed by atoms with Crippen molar-refractivity contribution < 1.29 is 5.11 Å². The largest absolute Gasteiger partial charge is 0.388 e. The maximum absolute atomic E-state index is 9.41. The highest BCUT2D eigenvalue weighted by atomic mass is 32.1. The monoisotopic (exact) mass is 347 g/mol. The van der Waals surface area contributed by atoms with Crippen LogP contribution >= 0.6 is 12.2 Å². The number of aromatic nitrogens is 3. The first-order valence-corrected chi connectivity index (χ1v) is 8.72. The second kappa shape index (κ2) is 7.04.